The van der Waals surface area contributed by atoms with Crippen LogP contribution >= 0.6 is 0 Å². The van der Waals surface area contributed by atoms with Gasteiger partial charge in [0, 0.05) is 12.2 Å². The van der Waals surface area contributed by atoms with Crippen molar-refractivity contribution in [3.63, 3.8) is 0 Å². The van der Waals surface area contributed by atoms with Crippen LogP contribution in [0.3, 0.4) is 0 Å². The topological polar surface area (TPSA) is 112 Å². The number of rotatable bonds is 9. The van der Waals surface area contributed by atoms with E-state index in [1.807, 2.05) is 0 Å². The van der Waals surface area contributed by atoms with Crippen molar-refractivity contribution in [1.29, 1.82) is 0 Å². The molecule has 0 aliphatic rings. The molecule has 3 aromatic carbocycles. The summed E-state index contributed by atoms with van der Waals surface area (Å²) in [6.07, 6.45) is 5.21. The van der Waals surface area contributed by atoms with E-state index in [-0.39, 0.29) is 35.4 Å². The number of benzene rings is 3. The lowest BCUT2D eigenvalue weighted by molar-refractivity contribution is -0.138. The Kier molecular flexibility index (Phi) is 8.66. The Bertz CT molecular complexity index is 1310. The molecule has 0 fully saturated rings. The average Bonchev–Trinajstić information content (AvgIpc) is 2.87. The third kappa shape index (κ3) is 7.10. The van der Waals surface area contributed by atoms with Crippen LogP contribution < -0.4 is 14.2 Å². The molecule has 3 rings (SSSR count). The zero-order valence-corrected chi connectivity index (χ0v) is 19.4. The summed E-state index contributed by atoms with van der Waals surface area (Å²) in [5.41, 5.74) is 1.53. The second-order valence-corrected chi connectivity index (χ2v) is 7.32. The van der Waals surface area contributed by atoms with Crippen LogP contribution in [0.4, 0.5) is 4.39 Å². The number of methoxy groups -OCH3 is 2. The Balaban J connectivity index is 1.54. The maximum Gasteiger partial charge on any atom is 0.336 e. The Morgan fingerprint density at radius 3 is 1.86 bits per heavy atom. The molecule has 9 heteroatoms. The SMILES string of the molecule is COc1cc(/C=C/C(=O)OCc2ccc(OC(=O)/C=C/c3ccc(O)c(OC)c3)c(F)c2)ccc1O. The second kappa shape index (κ2) is 12.1. The minimum atomic E-state index is -0.809. The molecule has 0 aromatic heterocycles. The molecule has 0 aliphatic carbocycles. The number of esters is 2. The Morgan fingerprint density at radius 1 is 0.778 bits per heavy atom. The van der Waals surface area contributed by atoms with Crippen molar-refractivity contribution >= 4 is 24.1 Å². The summed E-state index contributed by atoms with van der Waals surface area (Å²) in [5.74, 6) is -2.12. The number of phenols is 2. The Morgan fingerprint density at radius 2 is 1.33 bits per heavy atom. The molecule has 0 amide bonds. The lowest BCUT2D eigenvalue weighted by Gasteiger charge is -2.07. The summed E-state index contributed by atoms with van der Waals surface area (Å²) in [5, 5.41) is 19.2. The third-order valence-corrected chi connectivity index (χ3v) is 4.82. The predicted octanol–water partition coefficient (Wildman–Crippen LogP) is 4.63. The van der Waals surface area contributed by atoms with E-state index in [0.717, 1.165) is 12.1 Å². The molecule has 0 atom stereocenters. The number of ether oxygens (including phenoxy) is 4. The normalized spacial score (nSPS) is 11.0. The first-order valence-electron chi connectivity index (χ1n) is 10.6. The molecule has 0 saturated carbocycles. The van der Waals surface area contributed by atoms with Crippen LogP contribution in [0.1, 0.15) is 16.7 Å². The molecule has 36 heavy (non-hydrogen) atoms. The van der Waals surface area contributed by atoms with E-state index in [2.05, 4.69) is 0 Å². The van der Waals surface area contributed by atoms with E-state index in [1.165, 1.54) is 62.8 Å². The maximum atomic E-state index is 14.4. The number of carbonyl (C=O) groups is 2. The molecular formula is C27H23FO8. The second-order valence-electron chi connectivity index (χ2n) is 7.32. The molecule has 0 bridgehead atoms. The van der Waals surface area contributed by atoms with Crippen LogP contribution in [-0.2, 0) is 20.9 Å². The molecule has 3 aromatic rings. The molecule has 2 N–H and O–H groups in total. The summed E-state index contributed by atoms with van der Waals surface area (Å²) in [4.78, 5) is 24.0. The number of aromatic hydroxyl groups is 2. The van der Waals surface area contributed by atoms with Crippen LogP contribution in [-0.4, -0.2) is 36.4 Å². The molecule has 0 heterocycles. The molecule has 0 unspecified atom stereocenters. The number of hydrogen-bond acceptors (Lipinski definition) is 8. The zero-order valence-electron chi connectivity index (χ0n) is 19.4. The highest BCUT2D eigenvalue weighted by molar-refractivity contribution is 5.89. The first-order chi connectivity index (χ1) is 17.3. The fourth-order valence-electron chi connectivity index (χ4n) is 2.99. The van der Waals surface area contributed by atoms with Crippen LogP contribution in [0.5, 0.6) is 28.7 Å². The van der Waals surface area contributed by atoms with E-state index in [9.17, 15) is 24.2 Å². The van der Waals surface area contributed by atoms with Crippen molar-refractivity contribution in [3.05, 3.63) is 89.3 Å². The summed E-state index contributed by atoms with van der Waals surface area (Å²) >= 11 is 0. The first kappa shape index (κ1) is 25.8. The van der Waals surface area contributed by atoms with Gasteiger partial charge in [-0.15, -0.1) is 0 Å². The molecule has 186 valence electrons. The van der Waals surface area contributed by atoms with Crippen molar-refractivity contribution in [3.8, 4) is 28.7 Å². The molecular weight excluding hydrogens is 471 g/mol. The van der Waals surface area contributed by atoms with Gasteiger partial charge in [-0.05, 0) is 65.2 Å². The lowest BCUT2D eigenvalue weighted by Crippen LogP contribution is -2.06. The van der Waals surface area contributed by atoms with Crippen molar-refractivity contribution in [2.75, 3.05) is 14.2 Å². The zero-order chi connectivity index (χ0) is 26.1. The van der Waals surface area contributed by atoms with Gasteiger partial charge in [-0.2, -0.15) is 0 Å². The monoisotopic (exact) mass is 494 g/mol. The average molecular weight is 494 g/mol. The fourth-order valence-corrected chi connectivity index (χ4v) is 2.99. The molecule has 0 aliphatic heterocycles. The highest BCUT2D eigenvalue weighted by Crippen LogP contribution is 2.28. The Hall–Kier alpha value is -4.79. The highest BCUT2D eigenvalue weighted by Gasteiger charge is 2.10. The molecule has 8 nitrogen and oxygen atoms in total. The van der Waals surface area contributed by atoms with Gasteiger partial charge in [-0.1, -0.05) is 18.2 Å². The number of phenolic OH excluding ortho intramolecular Hbond substituents is 2. The van der Waals surface area contributed by atoms with Gasteiger partial charge in [0.2, 0.25) is 0 Å². The summed E-state index contributed by atoms with van der Waals surface area (Å²) < 4.78 is 34.5. The quantitative estimate of drug-likeness (QED) is 0.252. The minimum absolute atomic E-state index is 0.0255. The molecule has 0 radical (unpaired) electrons. The van der Waals surface area contributed by atoms with Crippen LogP contribution in [0.15, 0.2) is 66.7 Å². The van der Waals surface area contributed by atoms with Gasteiger partial charge in [-0.25, -0.2) is 14.0 Å². The smallest absolute Gasteiger partial charge is 0.336 e. The van der Waals surface area contributed by atoms with E-state index in [1.54, 1.807) is 18.2 Å². The van der Waals surface area contributed by atoms with Gasteiger partial charge in [0.25, 0.3) is 0 Å². The fraction of sp³-hybridized carbons (Fsp3) is 0.111. The van der Waals surface area contributed by atoms with Gasteiger partial charge in [0.1, 0.15) is 6.61 Å². The standard InChI is InChI=1S/C27H23FO8/c1-33-24-14-17(3-8-21(24)29)6-11-26(31)35-16-19-5-10-23(20(28)13-19)36-27(32)12-7-18-4-9-22(30)25(15-18)34-2/h3-15,29-30H,16H2,1-2H3/b11-6+,12-7+. The largest absolute Gasteiger partial charge is 0.504 e. The number of hydrogen-bond donors (Lipinski definition) is 2. The number of halogens is 1. The van der Waals surface area contributed by atoms with Crippen LogP contribution in [0.25, 0.3) is 12.2 Å². The number of carbonyl (C=O) groups excluding carboxylic acids is 2. The molecule has 0 saturated heterocycles. The van der Waals surface area contributed by atoms with Gasteiger partial charge in [0.05, 0.1) is 14.2 Å². The first-order valence-corrected chi connectivity index (χ1v) is 10.6. The third-order valence-electron chi connectivity index (χ3n) is 4.82. The van der Waals surface area contributed by atoms with E-state index in [0.29, 0.717) is 16.7 Å². The van der Waals surface area contributed by atoms with Gasteiger partial charge in [0.15, 0.2) is 34.6 Å². The van der Waals surface area contributed by atoms with Crippen LogP contribution in [0, 0.1) is 5.82 Å². The van der Waals surface area contributed by atoms with Gasteiger partial charge >= 0.3 is 11.9 Å². The van der Waals surface area contributed by atoms with Gasteiger partial charge in [-0.3, -0.25) is 0 Å². The van der Waals surface area contributed by atoms with Gasteiger partial charge < -0.3 is 29.2 Å². The Labute approximate surface area is 206 Å². The van der Waals surface area contributed by atoms with Crippen molar-refractivity contribution in [2.24, 2.45) is 0 Å². The van der Waals surface area contributed by atoms with E-state index >= 15 is 0 Å². The highest BCUT2D eigenvalue weighted by atomic mass is 19.1. The van der Waals surface area contributed by atoms with Crippen molar-refractivity contribution in [1.82, 2.24) is 0 Å². The maximum absolute atomic E-state index is 14.4. The minimum Gasteiger partial charge on any atom is -0.504 e. The van der Waals surface area contributed by atoms with Crippen molar-refractivity contribution in [2.45, 2.75) is 6.61 Å². The predicted molar refractivity (Wildman–Crippen MR) is 129 cm³/mol. The van der Waals surface area contributed by atoms with E-state index < -0.39 is 17.8 Å². The van der Waals surface area contributed by atoms with Crippen LogP contribution in [0.2, 0.25) is 0 Å². The summed E-state index contributed by atoms with van der Waals surface area (Å²) in [6.45, 7) is -0.199. The van der Waals surface area contributed by atoms with E-state index in [4.69, 9.17) is 18.9 Å². The summed E-state index contributed by atoms with van der Waals surface area (Å²) in [7, 11) is 2.81. The summed E-state index contributed by atoms with van der Waals surface area (Å²) in [6, 6.07) is 12.9. The lowest BCUT2D eigenvalue weighted by atomic mass is 10.2. The van der Waals surface area contributed by atoms with Crippen molar-refractivity contribution < 1.29 is 43.1 Å². The molecule has 0 spiro atoms.